The van der Waals surface area contributed by atoms with E-state index in [0.717, 1.165) is 13.0 Å². The van der Waals surface area contributed by atoms with Gasteiger partial charge in [0, 0.05) is 20.1 Å². The van der Waals surface area contributed by atoms with Gasteiger partial charge >= 0.3 is 0 Å². The quantitative estimate of drug-likeness (QED) is 0.818. The van der Waals surface area contributed by atoms with Crippen molar-refractivity contribution in [3.05, 3.63) is 17.8 Å². The standard InChI is InChI=1S/C11H18N4O/c1-4-8-15(5-2)11(16)9-6-7-10(12-3)14-13-9/h6-7H,4-5,8H2,1-3H3,(H,12,14). The van der Waals surface area contributed by atoms with Crippen LogP contribution in [-0.2, 0) is 0 Å². The summed E-state index contributed by atoms with van der Waals surface area (Å²) < 4.78 is 0. The van der Waals surface area contributed by atoms with Crippen LogP contribution in [0.3, 0.4) is 0 Å². The van der Waals surface area contributed by atoms with Crippen molar-refractivity contribution in [1.29, 1.82) is 0 Å². The van der Waals surface area contributed by atoms with Crippen LogP contribution in [0.1, 0.15) is 30.8 Å². The molecule has 0 spiro atoms. The van der Waals surface area contributed by atoms with Gasteiger partial charge in [-0.25, -0.2) is 0 Å². The van der Waals surface area contributed by atoms with E-state index in [4.69, 9.17) is 0 Å². The van der Waals surface area contributed by atoms with Crippen LogP contribution in [0.25, 0.3) is 0 Å². The average Bonchev–Trinajstić information content (AvgIpc) is 2.35. The average molecular weight is 222 g/mol. The lowest BCUT2D eigenvalue weighted by molar-refractivity contribution is 0.0757. The zero-order valence-electron chi connectivity index (χ0n) is 10.0. The molecule has 1 aromatic heterocycles. The van der Waals surface area contributed by atoms with Crippen LogP contribution in [0, 0.1) is 0 Å². The molecule has 1 rings (SSSR count). The fourth-order valence-corrected chi connectivity index (χ4v) is 1.41. The van der Waals surface area contributed by atoms with E-state index in [0.29, 0.717) is 18.1 Å². The summed E-state index contributed by atoms with van der Waals surface area (Å²) >= 11 is 0. The Balaban J connectivity index is 2.78. The molecule has 0 bridgehead atoms. The van der Waals surface area contributed by atoms with E-state index in [-0.39, 0.29) is 5.91 Å². The number of anilines is 1. The highest BCUT2D eigenvalue weighted by Crippen LogP contribution is 2.05. The second kappa shape index (κ2) is 6.05. The van der Waals surface area contributed by atoms with Crippen LogP contribution in [0.5, 0.6) is 0 Å². The monoisotopic (exact) mass is 222 g/mol. The molecule has 0 aromatic carbocycles. The van der Waals surface area contributed by atoms with E-state index in [1.807, 2.05) is 13.8 Å². The van der Waals surface area contributed by atoms with Gasteiger partial charge in [-0.05, 0) is 25.5 Å². The number of carbonyl (C=O) groups excluding carboxylic acids is 1. The van der Waals surface area contributed by atoms with Crippen LogP contribution >= 0.6 is 0 Å². The van der Waals surface area contributed by atoms with Gasteiger partial charge in [-0.3, -0.25) is 4.79 Å². The highest BCUT2D eigenvalue weighted by Gasteiger charge is 2.14. The fraction of sp³-hybridized carbons (Fsp3) is 0.545. The van der Waals surface area contributed by atoms with Gasteiger partial charge in [0.2, 0.25) is 0 Å². The highest BCUT2D eigenvalue weighted by molar-refractivity contribution is 5.92. The van der Waals surface area contributed by atoms with Crippen molar-refractivity contribution >= 4 is 11.7 Å². The SMILES string of the molecule is CCCN(CC)C(=O)c1ccc(NC)nn1. The number of rotatable bonds is 5. The summed E-state index contributed by atoms with van der Waals surface area (Å²) in [5.74, 6) is 0.606. The van der Waals surface area contributed by atoms with E-state index < -0.39 is 0 Å². The van der Waals surface area contributed by atoms with Gasteiger partial charge in [-0.15, -0.1) is 10.2 Å². The Kier molecular flexibility index (Phi) is 4.69. The van der Waals surface area contributed by atoms with Gasteiger partial charge in [-0.2, -0.15) is 0 Å². The summed E-state index contributed by atoms with van der Waals surface area (Å²) in [7, 11) is 1.76. The van der Waals surface area contributed by atoms with Crippen LogP contribution in [0.4, 0.5) is 5.82 Å². The topological polar surface area (TPSA) is 58.1 Å². The normalized spacial score (nSPS) is 9.94. The summed E-state index contributed by atoms with van der Waals surface area (Å²) in [6, 6.07) is 3.44. The van der Waals surface area contributed by atoms with E-state index in [9.17, 15) is 4.79 Å². The molecule has 88 valence electrons. The molecule has 5 heteroatoms. The smallest absolute Gasteiger partial charge is 0.274 e. The van der Waals surface area contributed by atoms with Crippen molar-refractivity contribution in [2.45, 2.75) is 20.3 Å². The number of hydrogen-bond acceptors (Lipinski definition) is 4. The Labute approximate surface area is 95.9 Å². The maximum Gasteiger partial charge on any atom is 0.274 e. The van der Waals surface area contributed by atoms with E-state index >= 15 is 0 Å². The maximum absolute atomic E-state index is 12.0. The van der Waals surface area contributed by atoms with Crippen LogP contribution in [0.2, 0.25) is 0 Å². The number of hydrogen-bond donors (Lipinski definition) is 1. The van der Waals surface area contributed by atoms with Crippen LogP contribution in [-0.4, -0.2) is 41.1 Å². The molecule has 0 radical (unpaired) electrons. The number of aromatic nitrogens is 2. The largest absolute Gasteiger partial charge is 0.372 e. The van der Waals surface area contributed by atoms with Crippen molar-refractivity contribution in [3.8, 4) is 0 Å². The first-order valence-corrected chi connectivity index (χ1v) is 5.53. The molecule has 0 aliphatic rings. The van der Waals surface area contributed by atoms with Crippen molar-refractivity contribution in [3.63, 3.8) is 0 Å². The number of carbonyl (C=O) groups is 1. The summed E-state index contributed by atoms with van der Waals surface area (Å²) in [4.78, 5) is 13.7. The van der Waals surface area contributed by atoms with Crippen molar-refractivity contribution in [2.75, 3.05) is 25.5 Å². The predicted octanol–water partition coefficient (Wildman–Crippen LogP) is 1.39. The third-order valence-electron chi connectivity index (χ3n) is 2.30. The molecule has 0 saturated carbocycles. The Morgan fingerprint density at radius 1 is 1.38 bits per heavy atom. The molecular formula is C11H18N4O. The number of nitrogens with one attached hydrogen (secondary N) is 1. The first-order valence-electron chi connectivity index (χ1n) is 5.53. The van der Waals surface area contributed by atoms with Gasteiger partial charge in [0.15, 0.2) is 5.69 Å². The highest BCUT2D eigenvalue weighted by atomic mass is 16.2. The first-order chi connectivity index (χ1) is 7.72. The third-order valence-corrected chi connectivity index (χ3v) is 2.30. The van der Waals surface area contributed by atoms with E-state index in [1.54, 1.807) is 24.1 Å². The van der Waals surface area contributed by atoms with Crippen molar-refractivity contribution in [1.82, 2.24) is 15.1 Å². The van der Waals surface area contributed by atoms with Gasteiger partial charge in [0.05, 0.1) is 0 Å². The van der Waals surface area contributed by atoms with E-state index in [1.165, 1.54) is 0 Å². The third kappa shape index (κ3) is 2.92. The summed E-state index contributed by atoms with van der Waals surface area (Å²) in [6.07, 6.45) is 0.946. The van der Waals surface area contributed by atoms with E-state index in [2.05, 4.69) is 15.5 Å². The summed E-state index contributed by atoms with van der Waals surface area (Å²) in [5, 5.41) is 10.6. The Morgan fingerprint density at radius 3 is 2.56 bits per heavy atom. The second-order valence-electron chi connectivity index (χ2n) is 3.44. The second-order valence-corrected chi connectivity index (χ2v) is 3.44. The van der Waals surface area contributed by atoms with Crippen molar-refractivity contribution < 1.29 is 4.79 Å². The van der Waals surface area contributed by atoms with Gasteiger partial charge in [-0.1, -0.05) is 6.92 Å². The lowest BCUT2D eigenvalue weighted by Gasteiger charge is -2.19. The molecule has 0 saturated heterocycles. The molecule has 0 aliphatic carbocycles. The maximum atomic E-state index is 12.0. The van der Waals surface area contributed by atoms with Crippen LogP contribution in [0.15, 0.2) is 12.1 Å². The predicted molar refractivity (Wildman–Crippen MR) is 63.4 cm³/mol. The molecule has 1 heterocycles. The molecule has 5 nitrogen and oxygen atoms in total. The molecule has 1 aromatic rings. The molecule has 1 N–H and O–H groups in total. The lowest BCUT2D eigenvalue weighted by atomic mass is 10.3. The number of nitrogens with zero attached hydrogens (tertiary/aromatic N) is 3. The van der Waals surface area contributed by atoms with Crippen molar-refractivity contribution in [2.24, 2.45) is 0 Å². The minimum absolute atomic E-state index is 0.0560. The fourth-order valence-electron chi connectivity index (χ4n) is 1.41. The minimum atomic E-state index is -0.0560. The first kappa shape index (κ1) is 12.4. The zero-order chi connectivity index (χ0) is 12.0. The molecule has 0 atom stereocenters. The number of amides is 1. The Morgan fingerprint density at radius 2 is 2.12 bits per heavy atom. The lowest BCUT2D eigenvalue weighted by Crippen LogP contribution is -2.32. The zero-order valence-corrected chi connectivity index (χ0v) is 10.0. The molecule has 0 unspecified atom stereocenters. The summed E-state index contributed by atoms with van der Waals surface area (Å²) in [5.41, 5.74) is 0.398. The van der Waals surface area contributed by atoms with Gasteiger partial charge < -0.3 is 10.2 Å². The molecular weight excluding hydrogens is 204 g/mol. The molecule has 0 fully saturated rings. The molecule has 1 amide bonds. The minimum Gasteiger partial charge on any atom is -0.372 e. The summed E-state index contributed by atoms with van der Waals surface area (Å²) in [6.45, 7) is 5.46. The Hall–Kier alpha value is -1.65. The van der Waals surface area contributed by atoms with Gasteiger partial charge in [0.25, 0.3) is 5.91 Å². The molecule has 16 heavy (non-hydrogen) atoms. The Bertz CT molecular complexity index is 336. The van der Waals surface area contributed by atoms with Crippen LogP contribution < -0.4 is 5.32 Å². The van der Waals surface area contributed by atoms with Gasteiger partial charge in [0.1, 0.15) is 5.82 Å². The molecule has 0 aliphatic heterocycles.